The van der Waals surface area contributed by atoms with Gasteiger partial charge in [0, 0.05) is 50.3 Å². The van der Waals surface area contributed by atoms with Crippen molar-refractivity contribution in [3.8, 4) is 0 Å². The number of rotatable bonds is 6. The van der Waals surface area contributed by atoms with Crippen LogP contribution < -0.4 is 0 Å². The van der Waals surface area contributed by atoms with Gasteiger partial charge in [0.25, 0.3) is 0 Å². The highest BCUT2D eigenvalue weighted by Crippen LogP contribution is 2.18. The topological polar surface area (TPSA) is 60.9 Å². The number of halogens is 1. The van der Waals surface area contributed by atoms with Crippen LogP contribution >= 0.6 is 11.6 Å². The lowest BCUT2D eigenvalue weighted by Crippen LogP contribution is -2.52. The monoisotopic (exact) mass is 427 g/mol. The van der Waals surface area contributed by atoms with Crippen LogP contribution in [0.15, 0.2) is 29.2 Å². The zero-order valence-corrected chi connectivity index (χ0v) is 18.1. The zero-order valence-electron chi connectivity index (χ0n) is 16.5. The third-order valence-electron chi connectivity index (χ3n) is 5.80. The van der Waals surface area contributed by atoms with E-state index in [1.165, 1.54) is 6.42 Å². The van der Waals surface area contributed by atoms with Gasteiger partial charge in [-0.2, -0.15) is 0 Å². The van der Waals surface area contributed by atoms with Gasteiger partial charge in [-0.15, -0.1) is 0 Å². The van der Waals surface area contributed by atoms with Crippen molar-refractivity contribution < 1.29 is 13.2 Å². The van der Waals surface area contributed by atoms with Gasteiger partial charge in [0.15, 0.2) is 9.84 Å². The molecule has 2 saturated heterocycles. The predicted octanol–water partition coefficient (Wildman–Crippen LogP) is 2.13. The van der Waals surface area contributed by atoms with Crippen LogP contribution in [0.1, 0.15) is 26.2 Å². The molecule has 0 radical (unpaired) electrons. The van der Waals surface area contributed by atoms with Gasteiger partial charge in [-0.1, -0.05) is 11.6 Å². The molecule has 1 aromatic carbocycles. The van der Waals surface area contributed by atoms with Gasteiger partial charge < -0.3 is 4.90 Å². The summed E-state index contributed by atoms with van der Waals surface area (Å²) in [5.41, 5.74) is 0. The van der Waals surface area contributed by atoms with Crippen molar-refractivity contribution in [2.24, 2.45) is 0 Å². The summed E-state index contributed by atoms with van der Waals surface area (Å²) in [6.07, 6.45) is 3.41. The first kappa shape index (κ1) is 21.6. The summed E-state index contributed by atoms with van der Waals surface area (Å²) < 4.78 is 24.9. The van der Waals surface area contributed by atoms with Crippen LogP contribution in [-0.2, 0) is 14.6 Å². The molecule has 28 heavy (non-hydrogen) atoms. The number of carbonyl (C=O) groups is 1. The van der Waals surface area contributed by atoms with E-state index in [0.29, 0.717) is 29.0 Å². The van der Waals surface area contributed by atoms with E-state index >= 15 is 0 Å². The molecule has 0 bridgehead atoms. The number of piperazine rings is 1. The lowest BCUT2D eigenvalue weighted by molar-refractivity contribution is -0.136. The fourth-order valence-electron chi connectivity index (χ4n) is 3.93. The van der Waals surface area contributed by atoms with E-state index in [1.807, 2.05) is 4.90 Å². The standard InChI is InChI=1S/C20H30ClN3O3S/c1-17-4-2-3-9-24(17)20(25)16-23-12-10-22(11-13-23)14-15-28(26,27)19-7-5-18(21)6-8-19/h5-8,17H,2-4,9-16H2,1H3. The van der Waals surface area contributed by atoms with Crippen molar-refractivity contribution in [1.29, 1.82) is 0 Å². The molecule has 6 nitrogen and oxygen atoms in total. The third-order valence-corrected chi connectivity index (χ3v) is 7.76. The summed E-state index contributed by atoms with van der Waals surface area (Å²) in [7, 11) is -3.30. The average molecular weight is 428 g/mol. The van der Waals surface area contributed by atoms with Gasteiger partial charge in [-0.3, -0.25) is 14.6 Å². The number of piperidine rings is 1. The fourth-order valence-corrected chi connectivity index (χ4v) is 5.34. The second-order valence-corrected chi connectivity index (χ2v) is 10.4. The minimum Gasteiger partial charge on any atom is -0.339 e. The Morgan fingerprint density at radius 3 is 2.32 bits per heavy atom. The fraction of sp³-hybridized carbons (Fsp3) is 0.650. The van der Waals surface area contributed by atoms with Crippen molar-refractivity contribution in [1.82, 2.24) is 14.7 Å². The maximum absolute atomic E-state index is 12.6. The Hall–Kier alpha value is -1.15. The molecular formula is C20H30ClN3O3S. The SMILES string of the molecule is CC1CCCCN1C(=O)CN1CCN(CCS(=O)(=O)c2ccc(Cl)cc2)CC1. The number of amides is 1. The average Bonchev–Trinajstić information content (AvgIpc) is 2.68. The van der Waals surface area contributed by atoms with Crippen molar-refractivity contribution in [2.45, 2.75) is 37.1 Å². The van der Waals surface area contributed by atoms with Gasteiger partial charge in [0.05, 0.1) is 17.2 Å². The van der Waals surface area contributed by atoms with E-state index < -0.39 is 9.84 Å². The molecule has 0 N–H and O–H groups in total. The van der Waals surface area contributed by atoms with E-state index in [2.05, 4.69) is 16.7 Å². The van der Waals surface area contributed by atoms with E-state index in [4.69, 9.17) is 11.6 Å². The number of benzene rings is 1. The maximum Gasteiger partial charge on any atom is 0.236 e. The van der Waals surface area contributed by atoms with Crippen LogP contribution in [-0.4, -0.2) is 86.6 Å². The molecule has 2 aliphatic heterocycles. The molecule has 1 amide bonds. The minimum atomic E-state index is -3.30. The largest absolute Gasteiger partial charge is 0.339 e. The van der Waals surface area contributed by atoms with Crippen molar-refractivity contribution in [3.05, 3.63) is 29.3 Å². The predicted molar refractivity (Wildman–Crippen MR) is 111 cm³/mol. The summed E-state index contributed by atoms with van der Waals surface area (Å²) in [6.45, 7) is 7.18. The van der Waals surface area contributed by atoms with Crippen molar-refractivity contribution >= 4 is 27.3 Å². The Kier molecular flexibility index (Phi) is 7.36. The Bertz CT molecular complexity index is 761. The van der Waals surface area contributed by atoms with Crippen LogP contribution in [0.5, 0.6) is 0 Å². The molecule has 0 spiro atoms. The lowest BCUT2D eigenvalue weighted by atomic mass is 10.0. The molecular weight excluding hydrogens is 398 g/mol. The molecule has 1 aromatic rings. The second-order valence-electron chi connectivity index (χ2n) is 7.82. The summed E-state index contributed by atoms with van der Waals surface area (Å²) in [6, 6.07) is 6.67. The summed E-state index contributed by atoms with van der Waals surface area (Å²) >= 11 is 5.83. The molecule has 8 heteroatoms. The molecule has 1 atom stereocenters. The number of likely N-dealkylation sites (tertiary alicyclic amines) is 1. The second kappa shape index (κ2) is 9.57. The zero-order chi connectivity index (χ0) is 20.1. The van der Waals surface area contributed by atoms with Crippen LogP contribution in [0.25, 0.3) is 0 Å². The number of hydrogen-bond acceptors (Lipinski definition) is 5. The third kappa shape index (κ3) is 5.69. The van der Waals surface area contributed by atoms with Gasteiger partial charge >= 0.3 is 0 Å². The highest BCUT2D eigenvalue weighted by Gasteiger charge is 2.26. The number of sulfone groups is 1. The molecule has 0 aliphatic carbocycles. The van der Waals surface area contributed by atoms with Gasteiger partial charge in [-0.05, 0) is 50.5 Å². The number of nitrogens with zero attached hydrogens (tertiary/aromatic N) is 3. The molecule has 156 valence electrons. The Morgan fingerprint density at radius 2 is 1.68 bits per heavy atom. The first-order valence-corrected chi connectivity index (χ1v) is 12.1. The first-order valence-electron chi connectivity index (χ1n) is 10.1. The van der Waals surface area contributed by atoms with E-state index in [1.54, 1.807) is 24.3 Å². The molecule has 1 unspecified atom stereocenters. The summed E-state index contributed by atoms with van der Waals surface area (Å²) in [4.78, 5) is 19.3. The van der Waals surface area contributed by atoms with Gasteiger partial charge in [0.2, 0.25) is 5.91 Å². The number of hydrogen-bond donors (Lipinski definition) is 0. The van der Waals surface area contributed by atoms with Gasteiger partial charge in [0.1, 0.15) is 0 Å². The van der Waals surface area contributed by atoms with Crippen molar-refractivity contribution in [2.75, 3.05) is 51.6 Å². The van der Waals surface area contributed by atoms with Crippen LogP contribution in [0.2, 0.25) is 5.02 Å². The highest BCUT2D eigenvalue weighted by atomic mass is 35.5. The van der Waals surface area contributed by atoms with E-state index in [9.17, 15) is 13.2 Å². The maximum atomic E-state index is 12.6. The minimum absolute atomic E-state index is 0.0961. The van der Waals surface area contributed by atoms with Crippen LogP contribution in [0.3, 0.4) is 0 Å². The normalized spacial score (nSPS) is 22.4. The number of carbonyl (C=O) groups excluding carboxylic acids is 1. The molecule has 0 aromatic heterocycles. The van der Waals surface area contributed by atoms with Crippen molar-refractivity contribution in [3.63, 3.8) is 0 Å². The smallest absolute Gasteiger partial charge is 0.236 e. The summed E-state index contributed by atoms with van der Waals surface area (Å²) in [5.74, 6) is 0.324. The molecule has 2 heterocycles. The highest BCUT2D eigenvalue weighted by molar-refractivity contribution is 7.91. The van der Waals surface area contributed by atoms with Gasteiger partial charge in [-0.25, -0.2) is 8.42 Å². The van der Waals surface area contributed by atoms with Crippen LogP contribution in [0, 0.1) is 0 Å². The van der Waals surface area contributed by atoms with E-state index in [-0.39, 0.29) is 11.7 Å². The molecule has 2 fully saturated rings. The van der Waals surface area contributed by atoms with Crippen LogP contribution in [0.4, 0.5) is 0 Å². The Labute approximate surface area is 173 Å². The molecule has 0 saturated carbocycles. The Balaban J connectivity index is 1.42. The quantitative estimate of drug-likeness (QED) is 0.696. The Morgan fingerprint density at radius 1 is 1.04 bits per heavy atom. The summed E-state index contributed by atoms with van der Waals surface area (Å²) in [5, 5.41) is 0.531. The lowest BCUT2D eigenvalue weighted by Gasteiger charge is -2.38. The van der Waals surface area contributed by atoms with E-state index in [0.717, 1.165) is 45.6 Å². The first-order chi connectivity index (χ1) is 13.3. The molecule has 2 aliphatic rings. The molecule has 3 rings (SSSR count).